The van der Waals surface area contributed by atoms with Crippen molar-refractivity contribution in [2.24, 2.45) is 5.92 Å². The van der Waals surface area contributed by atoms with E-state index in [1.807, 2.05) is 0 Å². The zero-order chi connectivity index (χ0) is 15.8. The second-order valence-electron chi connectivity index (χ2n) is 5.03. The smallest absolute Gasteiger partial charge is 0.401 e. The number of carboxylic acid groups (broad SMARTS) is 1. The van der Waals surface area contributed by atoms with Crippen molar-refractivity contribution in [2.45, 2.75) is 12.1 Å². The number of hydrogen-bond donors (Lipinski definition) is 1. The number of carboxylic acids is 1. The molecule has 1 aromatic carbocycles. The van der Waals surface area contributed by atoms with Gasteiger partial charge in [-0.25, -0.2) is 4.39 Å². The molecule has 0 unspecified atom stereocenters. The van der Waals surface area contributed by atoms with Gasteiger partial charge in [0.25, 0.3) is 0 Å². The maximum absolute atomic E-state index is 13.3. The maximum atomic E-state index is 13.3. The predicted octanol–water partition coefficient (Wildman–Crippen LogP) is 3.14. The number of carbonyl (C=O) groups is 1. The Bertz CT molecular complexity index is 549. The van der Waals surface area contributed by atoms with Crippen molar-refractivity contribution in [3.8, 4) is 0 Å². The van der Waals surface area contributed by atoms with Gasteiger partial charge in [-0.1, -0.05) is 11.6 Å². The molecule has 1 N–H and O–H groups in total. The number of benzene rings is 1. The minimum absolute atomic E-state index is 0.125. The van der Waals surface area contributed by atoms with Crippen LogP contribution in [0.3, 0.4) is 0 Å². The highest BCUT2D eigenvalue weighted by Crippen LogP contribution is 2.37. The first-order valence-electron chi connectivity index (χ1n) is 6.14. The SMILES string of the molecule is O=C(O)[C@@H]1CN(CC(F)(F)F)C[C@@H]1c1cc(F)ccc1Cl. The van der Waals surface area contributed by atoms with Crippen LogP contribution in [0.25, 0.3) is 0 Å². The topological polar surface area (TPSA) is 40.5 Å². The van der Waals surface area contributed by atoms with Crippen molar-refractivity contribution >= 4 is 17.6 Å². The summed E-state index contributed by atoms with van der Waals surface area (Å²) >= 11 is 5.93. The van der Waals surface area contributed by atoms with Crippen molar-refractivity contribution in [3.05, 3.63) is 34.6 Å². The van der Waals surface area contributed by atoms with Gasteiger partial charge in [-0.2, -0.15) is 13.2 Å². The van der Waals surface area contributed by atoms with Crippen LogP contribution in [0.5, 0.6) is 0 Å². The average molecular weight is 326 g/mol. The third-order valence-corrected chi connectivity index (χ3v) is 3.82. The Kier molecular flexibility index (Phi) is 4.43. The Hall–Kier alpha value is -1.34. The molecule has 0 spiro atoms. The summed E-state index contributed by atoms with van der Waals surface area (Å²) in [6, 6.07) is 3.47. The molecule has 2 rings (SSSR count). The van der Waals surface area contributed by atoms with E-state index in [1.165, 1.54) is 6.07 Å². The van der Waals surface area contributed by atoms with Gasteiger partial charge >= 0.3 is 12.1 Å². The molecule has 3 nitrogen and oxygen atoms in total. The zero-order valence-corrected chi connectivity index (χ0v) is 11.5. The van der Waals surface area contributed by atoms with Crippen molar-refractivity contribution in [3.63, 3.8) is 0 Å². The summed E-state index contributed by atoms with van der Waals surface area (Å²) in [6.07, 6.45) is -4.41. The van der Waals surface area contributed by atoms with Crippen LogP contribution in [-0.4, -0.2) is 41.8 Å². The van der Waals surface area contributed by atoms with E-state index < -0.39 is 36.3 Å². The molecule has 0 amide bonds. The van der Waals surface area contributed by atoms with Gasteiger partial charge in [0.05, 0.1) is 12.5 Å². The van der Waals surface area contributed by atoms with Crippen LogP contribution in [0.4, 0.5) is 17.6 Å². The van der Waals surface area contributed by atoms with E-state index in [0.29, 0.717) is 0 Å². The van der Waals surface area contributed by atoms with E-state index >= 15 is 0 Å². The van der Waals surface area contributed by atoms with Gasteiger partial charge in [0.2, 0.25) is 0 Å². The van der Waals surface area contributed by atoms with Crippen LogP contribution in [0.15, 0.2) is 18.2 Å². The van der Waals surface area contributed by atoms with E-state index in [2.05, 4.69) is 0 Å². The third kappa shape index (κ3) is 3.85. The molecule has 116 valence electrons. The van der Waals surface area contributed by atoms with Gasteiger partial charge in [-0.3, -0.25) is 9.69 Å². The van der Waals surface area contributed by atoms with Gasteiger partial charge in [0.15, 0.2) is 0 Å². The minimum Gasteiger partial charge on any atom is -0.481 e. The highest BCUT2D eigenvalue weighted by molar-refractivity contribution is 6.31. The molecule has 1 aliphatic rings. The second-order valence-corrected chi connectivity index (χ2v) is 5.43. The number of alkyl halides is 3. The highest BCUT2D eigenvalue weighted by Gasteiger charge is 2.43. The fourth-order valence-corrected chi connectivity index (χ4v) is 2.89. The Morgan fingerprint density at radius 1 is 1.38 bits per heavy atom. The first kappa shape index (κ1) is 16.0. The summed E-state index contributed by atoms with van der Waals surface area (Å²) in [6.45, 7) is -1.56. The number of hydrogen-bond acceptors (Lipinski definition) is 2. The maximum Gasteiger partial charge on any atom is 0.401 e. The molecule has 2 atom stereocenters. The van der Waals surface area contributed by atoms with Crippen LogP contribution < -0.4 is 0 Å². The van der Waals surface area contributed by atoms with Crippen LogP contribution in [0.1, 0.15) is 11.5 Å². The van der Waals surface area contributed by atoms with Crippen LogP contribution in [0.2, 0.25) is 5.02 Å². The van der Waals surface area contributed by atoms with E-state index in [9.17, 15) is 27.5 Å². The lowest BCUT2D eigenvalue weighted by molar-refractivity contribution is -0.147. The largest absolute Gasteiger partial charge is 0.481 e. The monoisotopic (exact) mass is 325 g/mol. The minimum atomic E-state index is -4.41. The summed E-state index contributed by atoms with van der Waals surface area (Å²) in [5, 5.41) is 9.33. The molecule has 1 saturated heterocycles. The van der Waals surface area contributed by atoms with Crippen molar-refractivity contribution in [1.82, 2.24) is 4.90 Å². The zero-order valence-electron chi connectivity index (χ0n) is 10.7. The molecule has 1 heterocycles. The lowest BCUT2D eigenvalue weighted by Gasteiger charge is -2.18. The van der Waals surface area contributed by atoms with Gasteiger partial charge in [-0.15, -0.1) is 0 Å². The molecule has 0 radical (unpaired) electrons. The Morgan fingerprint density at radius 2 is 2.05 bits per heavy atom. The van der Waals surface area contributed by atoms with Crippen LogP contribution in [-0.2, 0) is 4.79 Å². The van der Waals surface area contributed by atoms with Gasteiger partial charge in [0.1, 0.15) is 5.82 Å². The molecule has 1 aromatic rings. The van der Waals surface area contributed by atoms with Crippen LogP contribution >= 0.6 is 11.6 Å². The van der Waals surface area contributed by atoms with Gasteiger partial charge in [-0.05, 0) is 23.8 Å². The van der Waals surface area contributed by atoms with Gasteiger partial charge in [0, 0.05) is 24.0 Å². The Morgan fingerprint density at radius 3 is 2.62 bits per heavy atom. The van der Waals surface area contributed by atoms with Crippen molar-refractivity contribution in [1.29, 1.82) is 0 Å². The van der Waals surface area contributed by atoms with Gasteiger partial charge < -0.3 is 5.11 Å². The fraction of sp³-hybridized carbons (Fsp3) is 0.462. The number of aliphatic carboxylic acids is 1. The molecule has 0 aliphatic carbocycles. The quantitative estimate of drug-likeness (QED) is 0.868. The summed E-state index contributed by atoms with van der Waals surface area (Å²) in [5.74, 6) is -3.64. The second kappa shape index (κ2) is 5.81. The molecular weight excluding hydrogens is 314 g/mol. The number of rotatable bonds is 3. The van der Waals surface area contributed by atoms with E-state index in [0.717, 1.165) is 17.0 Å². The molecule has 0 saturated carbocycles. The highest BCUT2D eigenvalue weighted by atomic mass is 35.5. The number of halogens is 5. The normalized spacial score (nSPS) is 23.5. The lowest BCUT2D eigenvalue weighted by atomic mass is 9.89. The summed E-state index contributed by atoms with van der Waals surface area (Å²) in [4.78, 5) is 12.3. The number of likely N-dealkylation sites (tertiary alicyclic amines) is 1. The standard InChI is InChI=1S/C13H12ClF4NO2/c14-11-2-1-7(15)3-8(11)9-4-19(6-13(16,17)18)5-10(9)12(20)21/h1-3,9-10H,4-6H2,(H,20,21)/t9-,10-/m1/s1. The number of nitrogens with zero attached hydrogens (tertiary/aromatic N) is 1. The summed E-state index contributed by atoms with van der Waals surface area (Å²) in [7, 11) is 0. The van der Waals surface area contributed by atoms with E-state index in [-0.39, 0.29) is 23.7 Å². The first-order chi connectivity index (χ1) is 9.67. The molecule has 0 aromatic heterocycles. The average Bonchev–Trinajstić information content (AvgIpc) is 2.73. The fourth-order valence-electron chi connectivity index (χ4n) is 2.63. The molecule has 0 bridgehead atoms. The van der Waals surface area contributed by atoms with Crippen LogP contribution in [0, 0.1) is 11.7 Å². The van der Waals surface area contributed by atoms with Crippen molar-refractivity contribution < 1.29 is 27.5 Å². The molecule has 1 aliphatic heterocycles. The molecule has 21 heavy (non-hydrogen) atoms. The molecule has 8 heteroatoms. The lowest BCUT2D eigenvalue weighted by Crippen LogP contribution is -2.33. The first-order valence-corrected chi connectivity index (χ1v) is 6.52. The molecular formula is C13H12ClF4NO2. The van der Waals surface area contributed by atoms with E-state index in [4.69, 9.17) is 11.6 Å². The predicted molar refractivity (Wildman–Crippen MR) is 67.8 cm³/mol. The van der Waals surface area contributed by atoms with E-state index in [1.54, 1.807) is 0 Å². The third-order valence-electron chi connectivity index (χ3n) is 3.47. The van der Waals surface area contributed by atoms with Crippen molar-refractivity contribution in [2.75, 3.05) is 19.6 Å². The summed E-state index contributed by atoms with van der Waals surface area (Å²) in [5.41, 5.74) is 0.230. The Balaban J connectivity index is 2.28. The molecule has 1 fully saturated rings. The summed E-state index contributed by atoms with van der Waals surface area (Å²) < 4.78 is 50.6. The Labute approximate surface area is 123 Å².